The second-order valence-electron chi connectivity index (χ2n) is 9.53. The van der Waals surface area contributed by atoms with Gasteiger partial charge in [0.05, 0.1) is 11.6 Å². The van der Waals surface area contributed by atoms with Crippen molar-refractivity contribution in [3.63, 3.8) is 0 Å². The molecule has 0 unspecified atom stereocenters. The smallest absolute Gasteiger partial charge is 0.323 e. The average Bonchev–Trinajstić information content (AvgIpc) is 3.44. The van der Waals surface area contributed by atoms with Crippen LogP contribution in [0.3, 0.4) is 0 Å². The second-order valence-corrected chi connectivity index (χ2v) is 9.53. The third-order valence-corrected chi connectivity index (χ3v) is 6.80. The molecule has 0 atom stereocenters. The molecule has 39 heavy (non-hydrogen) atoms. The minimum Gasteiger partial charge on any atom is -0.489 e. The quantitative estimate of drug-likeness (QED) is 0.287. The number of carbonyl (C=O) groups is 2. The van der Waals surface area contributed by atoms with Crippen LogP contribution in [0.15, 0.2) is 71.3 Å². The van der Waals surface area contributed by atoms with Gasteiger partial charge < -0.3 is 23.9 Å². The number of amides is 1. The zero-order valence-corrected chi connectivity index (χ0v) is 21.1. The molecule has 1 N–H and O–H groups in total. The normalized spacial score (nSPS) is 13.9. The number of carbonyl (C=O) groups excluding carboxylic acids is 1. The Morgan fingerprint density at radius 1 is 1.03 bits per heavy atom. The van der Waals surface area contributed by atoms with Gasteiger partial charge in [-0.05, 0) is 66.3 Å². The molecule has 0 bridgehead atoms. The zero-order chi connectivity index (χ0) is 27.4. The van der Waals surface area contributed by atoms with Gasteiger partial charge in [0.15, 0.2) is 11.6 Å². The lowest BCUT2D eigenvalue weighted by Crippen LogP contribution is -2.40. The average molecular weight is 536 g/mol. The monoisotopic (exact) mass is 535 g/mol. The summed E-state index contributed by atoms with van der Waals surface area (Å²) in [4.78, 5) is 26.0. The first-order valence-corrected chi connectivity index (χ1v) is 12.6. The van der Waals surface area contributed by atoms with Crippen molar-refractivity contribution in [3.05, 3.63) is 89.7 Å². The Bertz CT molecular complexity index is 1480. The molecule has 0 aliphatic carbocycles. The lowest BCUT2D eigenvalue weighted by Gasteiger charge is -2.29. The minimum absolute atomic E-state index is 0.0782. The number of furan rings is 1. The first kappa shape index (κ1) is 26.4. The van der Waals surface area contributed by atoms with Gasteiger partial charge in [-0.1, -0.05) is 24.3 Å². The van der Waals surface area contributed by atoms with Gasteiger partial charge in [0.2, 0.25) is 0 Å². The maximum absolute atomic E-state index is 14.1. The SMILES string of the molecule is O=C(O)CN(CC1CCOCC1)C(=O)c1cccc(COc2ccc(-c3cc(F)c(F)c4ccoc34)cc2)c1. The van der Waals surface area contributed by atoms with Crippen LogP contribution < -0.4 is 4.74 Å². The fourth-order valence-corrected chi connectivity index (χ4v) is 4.79. The summed E-state index contributed by atoms with van der Waals surface area (Å²) in [6.45, 7) is 1.39. The summed E-state index contributed by atoms with van der Waals surface area (Å²) in [6, 6.07) is 16.3. The summed E-state index contributed by atoms with van der Waals surface area (Å²) in [5, 5.41) is 9.43. The molecule has 0 spiro atoms. The van der Waals surface area contributed by atoms with E-state index in [1.165, 1.54) is 17.2 Å². The highest BCUT2D eigenvalue weighted by atomic mass is 19.2. The van der Waals surface area contributed by atoms with Crippen molar-refractivity contribution in [2.24, 2.45) is 5.92 Å². The van der Waals surface area contributed by atoms with Crippen LogP contribution in [-0.2, 0) is 16.1 Å². The van der Waals surface area contributed by atoms with Gasteiger partial charge in [-0.25, -0.2) is 8.78 Å². The molecule has 1 aliphatic heterocycles. The van der Waals surface area contributed by atoms with E-state index in [4.69, 9.17) is 13.9 Å². The molecule has 1 amide bonds. The molecule has 0 radical (unpaired) electrons. The summed E-state index contributed by atoms with van der Waals surface area (Å²) >= 11 is 0. The minimum atomic E-state index is -1.06. The summed E-state index contributed by atoms with van der Waals surface area (Å²) < 4.78 is 44.7. The number of aliphatic carboxylic acids is 1. The second kappa shape index (κ2) is 11.7. The number of carboxylic acid groups (broad SMARTS) is 1. The highest BCUT2D eigenvalue weighted by Gasteiger charge is 2.24. The van der Waals surface area contributed by atoms with E-state index in [9.17, 15) is 23.5 Å². The van der Waals surface area contributed by atoms with Crippen molar-refractivity contribution in [2.45, 2.75) is 19.4 Å². The number of halogens is 2. The molecular formula is C30H27F2NO6. The van der Waals surface area contributed by atoms with Crippen LogP contribution in [0.5, 0.6) is 5.75 Å². The molecule has 2 heterocycles. The lowest BCUT2D eigenvalue weighted by molar-refractivity contribution is -0.137. The highest BCUT2D eigenvalue weighted by molar-refractivity contribution is 5.96. The van der Waals surface area contributed by atoms with E-state index >= 15 is 0 Å². The van der Waals surface area contributed by atoms with Crippen LogP contribution >= 0.6 is 0 Å². The number of fused-ring (bicyclic) bond motifs is 1. The molecule has 1 aromatic heterocycles. The van der Waals surface area contributed by atoms with E-state index in [1.807, 2.05) is 6.07 Å². The predicted octanol–water partition coefficient (Wildman–Crippen LogP) is 5.91. The molecule has 5 rings (SSSR count). The maximum Gasteiger partial charge on any atom is 0.323 e. The number of rotatable bonds is 9. The maximum atomic E-state index is 14.1. The predicted molar refractivity (Wildman–Crippen MR) is 139 cm³/mol. The number of benzene rings is 3. The first-order chi connectivity index (χ1) is 18.9. The number of hydrogen-bond acceptors (Lipinski definition) is 5. The number of ether oxygens (including phenoxy) is 2. The topological polar surface area (TPSA) is 89.2 Å². The van der Waals surface area contributed by atoms with Gasteiger partial charge in [0.25, 0.3) is 5.91 Å². The molecule has 3 aromatic carbocycles. The Labute approximate surface area is 223 Å². The lowest BCUT2D eigenvalue weighted by atomic mass is 9.99. The third kappa shape index (κ3) is 6.09. The fourth-order valence-electron chi connectivity index (χ4n) is 4.79. The number of nitrogens with zero attached hydrogens (tertiary/aromatic N) is 1. The summed E-state index contributed by atoms with van der Waals surface area (Å²) in [6.07, 6.45) is 2.90. The molecule has 9 heteroatoms. The number of carboxylic acids is 1. The van der Waals surface area contributed by atoms with Gasteiger partial charge in [-0.2, -0.15) is 0 Å². The summed E-state index contributed by atoms with van der Waals surface area (Å²) in [5.41, 5.74) is 2.46. The van der Waals surface area contributed by atoms with Crippen molar-refractivity contribution < 1.29 is 37.4 Å². The Kier molecular flexibility index (Phi) is 7.88. The number of hydrogen-bond donors (Lipinski definition) is 1. The fraction of sp³-hybridized carbons (Fsp3) is 0.267. The van der Waals surface area contributed by atoms with E-state index in [1.54, 1.807) is 42.5 Å². The molecule has 1 saturated heterocycles. The van der Waals surface area contributed by atoms with Crippen molar-refractivity contribution >= 4 is 22.8 Å². The van der Waals surface area contributed by atoms with Gasteiger partial charge >= 0.3 is 5.97 Å². The van der Waals surface area contributed by atoms with Crippen molar-refractivity contribution in [2.75, 3.05) is 26.3 Å². The van der Waals surface area contributed by atoms with Gasteiger partial charge in [0, 0.05) is 30.9 Å². The van der Waals surface area contributed by atoms with Crippen molar-refractivity contribution in [1.29, 1.82) is 0 Å². The Balaban J connectivity index is 1.26. The zero-order valence-electron chi connectivity index (χ0n) is 21.1. The van der Waals surface area contributed by atoms with Gasteiger partial charge in [-0.15, -0.1) is 0 Å². The third-order valence-electron chi connectivity index (χ3n) is 6.80. The van der Waals surface area contributed by atoms with Crippen LogP contribution in [0.2, 0.25) is 0 Å². The Morgan fingerprint density at radius 2 is 1.79 bits per heavy atom. The van der Waals surface area contributed by atoms with E-state index in [2.05, 4.69) is 0 Å². The molecule has 0 saturated carbocycles. The van der Waals surface area contributed by atoms with Crippen LogP contribution in [-0.4, -0.2) is 48.2 Å². The van der Waals surface area contributed by atoms with Crippen LogP contribution in [0.4, 0.5) is 8.78 Å². The van der Waals surface area contributed by atoms with Crippen LogP contribution in [0.1, 0.15) is 28.8 Å². The van der Waals surface area contributed by atoms with E-state index in [0.717, 1.165) is 24.5 Å². The van der Waals surface area contributed by atoms with E-state index < -0.39 is 17.6 Å². The van der Waals surface area contributed by atoms with E-state index in [-0.39, 0.29) is 35.9 Å². The molecule has 4 aromatic rings. The van der Waals surface area contributed by atoms with Crippen LogP contribution in [0.25, 0.3) is 22.1 Å². The Hall–Kier alpha value is -4.24. The Morgan fingerprint density at radius 3 is 2.54 bits per heavy atom. The summed E-state index contributed by atoms with van der Waals surface area (Å²) in [5.74, 6) is -2.56. The van der Waals surface area contributed by atoms with Crippen LogP contribution in [0, 0.1) is 17.6 Å². The molecular weight excluding hydrogens is 508 g/mol. The van der Waals surface area contributed by atoms with E-state index in [0.29, 0.717) is 42.2 Å². The van der Waals surface area contributed by atoms with Crippen molar-refractivity contribution in [3.8, 4) is 16.9 Å². The molecule has 1 fully saturated rings. The highest BCUT2D eigenvalue weighted by Crippen LogP contribution is 2.33. The summed E-state index contributed by atoms with van der Waals surface area (Å²) in [7, 11) is 0. The van der Waals surface area contributed by atoms with Gasteiger partial charge in [-0.3, -0.25) is 9.59 Å². The van der Waals surface area contributed by atoms with Gasteiger partial charge in [0.1, 0.15) is 24.5 Å². The molecule has 1 aliphatic rings. The molecule has 7 nitrogen and oxygen atoms in total. The molecule has 202 valence electrons. The first-order valence-electron chi connectivity index (χ1n) is 12.6. The largest absolute Gasteiger partial charge is 0.489 e. The standard InChI is InChI=1S/C30H27F2NO6/c31-26-15-25(29-24(28(26)32)10-13-38-29)21-4-6-23(7-5-21)39-18-20-2-1-3-22(14-20)30(36)33(17-27(34)35)16-19-8-11-37-12-9-19/h1-7,10,13-15,19H,8-9,11-12,16-18H2,(H,34,35). The van der Waals surface area contributed by atoms with Crippen molar-refractivity contribution in [1.82, 2.24) is 4.90 Å².